The van der Waals surface area contributed by atoms with E-state index in [1.807, 2.05) is 37.3 Å². The van der Waals surface area contributed by atoms with E-state index >= 15 is 0 Å². The number of hydrogen-bond donors (Lipinski definition) is 1. The smallest absolute Gasteiger partial charge is 0.254 e. The van der Waals surface area contributed by atoms with Crippen LogP contribution in [-0.2, 0) is 13.1 Å². The van der Waals surface area contributed by atoms with Gasteiger partial charge in [-0.05, 0) is 49.6 Å². The van der Waals surface area contributed by atoms with Gasteiger partial charge in [-0.2, -0.15) is 0 Å². The van der Waals surface area contributed by atoms with Crippen molar-refractivity contribution in [2.75, 3.05) is 20.2 Å². The number of hydrogen-bond acceptors (Lipinski definition) is 5. The van der Waals surface area contributed by atoms with Crippen LogP contribution in [0.1, 0.15) is 51.8 Å². The number of benzene rings is 2. The van der Waals surface area contributed by atoms with Gasteiger partial charge in [0.25, 0.3) is 5.91 Å². The largest absolute Gasteiger partial charge is 0.497 e. The summed E-state index contributed by atoms with van der Waals surface area (Å²) in [6, 6.07) is 18.2. The van der Waals surface area contributed by atoms with E-state index in [-0.39, 0.29) is 5.91 Å². The molecule has 0 spiro atoms. The predicted octanol–water partition coefficient (Wildman–Crippen LogP) is 4.10. The average Bonchev–Trinajstić information content (AvgIpc) is 2.83. The van der Waals surface area contributed by atoms with Crippen molar-refractivity contribution in [2.24, 2.45) is 0 Å². The molecule has 1 amide bonds. The Kier molecular flexibility index (Phi) is 7.12. The van der Waals surface area contributed by atoms with Crippen LogP contribution in [0, 0.1) is 6.92 Å². The lowest BCUT2D eigenvalue weighted by Crippen LogP contribution is -2.34. The number of methoxy groups -OCH3 is 1. The number of nitrogens with zero attached hydrogens (tertiary/aromatic N) is 3. The second kappa shape index (κ2) is 10.4. The first kappa shape index (κ1) is 22.0. The molecule has 32 heavy (non-hydrogen) atoms. The normalized spacial score (nSPS) is 16.5. The molecule has 1 unspecified atom stereocenters. The summed E-state index contributed by atoms with van der Waals surface area (Å²) in [5.41, 5.74) is 3.55. The van der Waals surface area contributed by atoms with Crippen LogP contribution < -0.4 is 10.1 Å². The summed E-state index contributed by atoms with van der Waals surface area (Å²) in [5.74, 6) is 1.74. The first-order valence-electron chi connectivity index (χ1n) is 11.1. The molecule has 1 atom stereocenters. The van der Waals surface area contributed by atoms with E-state index in [1.165, 1.54) is 5.56 Å². The molecule has 1 aromatic heterocycles. The fourth-order valence-electron chi connectivity index (χ4n) is 4.22. The van der Waals surface area contributed by atoms with Crippen molar-refractivity contribution in [3.8, 4) is 5.75 Å². The van der Waals surface area contributed by atoms with Crippen molar-refractivity contribution in [2.45, 2.75) is 38.8 Å². The molecule has 0 radical (unpaired) electrons. The van der Waals surface area contributed by atoms with Crippen LogP contribution in [-0.4, -0.2) is 41.0 Å². The number of rotatable bonds is 7. The minimum Gasteiger partial charge on any atom is -0.497 e. The summed E-state index contributed by atoms with van der Waals surface area (Å²) in [5, 5.41) is 2.96. The topological polar surface area (TPSA) is 67.3 Å². The van der Waals surface area contributed by atoms with Gasteiger partial charge >= 0.3 is 0 Å². The molecule has 0 saturated carbocycles. The number of carbonyl (C=O) groups is 1. The molecular weight excluding hydrogens is 400 g/mol. The summed E-state index contributed by atoms with van der Waals surface area (Å²) in [4.78, 5) is 24.5. The lowest BCUT2D eigenvalue weighted by atomic mass is 9.96. The molecule has 2 heterocycles. The van der Waals surface area contributed by atoms with Crippen LogP contribution in [0.4, 0.5) is 0 Å². The highest BCUT2D eigenvalue weighted by molar-refractivity contribution is 5.94. The second-order valence-electron chi connectivity index (χ2n) is 8.32. The zero-order chi connectivity index (χ0) is 22.3. The molecule has 1 aliphatic heterocycles. The molecule has 1 fully saturated rings. The first-order chi connectivity index (χ1) is 15.6. The standard InChI is InChI=1S/C26H30N4O2/c1-19-24(26(31)28-15-21-10-6-12-23(14-21)32-2)16-27-25(29-19)22-11-7-13-30(18-22)17-20-8-4-3-5-9-20/h3-6,8-10,12,14,16,22H,7,11,13,15,17-18H2,1-2H3,(H,28,31). The van der Waals surface area contributed by atoms with Crippen LogP contribution in [0.25, 0.3) is 0 Å². The minimum atomic E-state index is -0.161. The van der Waals surface area contributed by atoms with Crippen molar-refractivity contribution in [1.29, 1.82) is 0 Å². The van der Waals surface area contributed by atoms with Gasteiger partial charge in [-0.3, -0.25) is 9.69 Å². The SMILES string of the molecule is COc1cccc(CNC(=O)c2cnc(C3CCCN(Cc4ccccc4)C3)nc2C)c1. The van der Waals surface area contributed by atoms with E-state index < -0.39 is 0 Å². The van der Waals surface area contributed by atoms with Gasteiger partial charge in [-0.15, -0.1) is 0 Å². The molecule has 2 aromatic carbocycles. The van der Waals surface area contributed by atoms with Gasteiger partial charge in [0.15, 0.2) is 0 Å². The number of aryl methyl sites for hydroxylation is 1. The van der Waals surface area contributed by atoms with Crippen LogP contribution in [0.3, 0.4) is 0 Å². The third kappa shape index (κ3) is 5.51. The van der Waals surface area contributed by atoms with Gasteiger partial charge in [-0.1, -0.05) is 42.5 Å². The summed E-state index contributed by atoms with van der Waals surface area (Å²) in [7, 11) is 1.63. The van der Waals surface area contributed by atoms with E-state index in [0.717, 1.165) is 55.3 Å². The Labute approximate surface area is 189 Å². The quantitative estimate of drug-likeness (QED) is 0.611. The molecule has 1 N–H and O–H groups in total. The highest BCUT2D eigenvalue weighted by Gasteiger charge is 2.24. The predicted molar refractivity (Wildman–Crippen MR) is 125 cm³/mol. The summed E-state index contributed by atoms with van der Waals surface area (Å²) < 4.78 is 5.24. The Hall–Kier alpha value is -3.25. The van der Waals surface area contributed by atoms with Crippen molar-refractivity contribution < 1.29 is 9.53 Å². The molecule has 1 aliphatic rings. The lowest BCUT2D eigenvalue weighted by molar-refractivity contribution is 0.0949. The van der Waals surface area contributed by atoms with Crippen molar-refractivity contribution in [3.63, 3.8) is 0 Å². The van der Waals surface area contributed by atoms with Gasteiger partial charge in [0.2, 0.25) is 0 Å². The maximum atomic E-state index is 12.7. The molecule has 6 heteroatoms. The summed E-state index contributed by atoms with van der Waals surface area (Å²) >= 11 is 0. The van der Waals surface area contributed by atoms with E-state index in [0.29, 0.717) is 18.0 Å². The van der Waals surface area contributed by atoms with E-state index in [1.54, 1.807) is 13.3 Å². The highest BCUT2D eigenvalue weighted by Crippen LogP contribution is 2.26. The van der Waals surface area contributed by atoms with E-state index in [9.17, 15) is 4.79 Å². The van der Waals surface area contributed by atoms with Gasteiger partial charge in [0.1, 0.15) is 11.6 Å². The Balaban J connectivity index is 1.38. The summed E-state index contributed by atoms with van der Waals surface area (Å²) in [6.45, 7) is 5.29. The number of nitrogens with one attached hydrogen (secondary N) is 1. The Morgan fingerprint density at radius 1 is 1.16 bits per heavy atom. The first-order valence-corrected chi connectivity index (χ1v) is 11.1. The van der Waals surface area contributed by atoms with Crippen LogP contribution in [0.15, 0.2) is 60.8 Å². The van der Waals surface area contributed by atoms with Gasteiger partial charge in [-0.25, -0.2) is 9.97 Å². The van der Waals surface area contributed by atoms with Crippen LogP contribution in [0.2, 0.25) is 0 Å². The number of amides is 1. The Bertz CT molecular complexity index is 1050. The second-order valence-corrected chi connectivity index (χ2v) is 8.32. The number of piperidine rings is 1. The minimum absolute atomic E-state index is 0.161. The molecule has 1 saturated heterocycles. The van der Waals surface area contributed by atoms with Crippen molar-refractivity contribution in [1.82, 2.24) is 20.2 Å². The third-order valence-corrected chi connectivity index (χ3v) is 5.95. The monoisotopic (exact) mass is 430 g/mol. The molecule has 3 aromatic rings. The zero-order valence-corrected chi connectivity index (χ0v) is 18.8. The zero-order valence-electron chi connectivity index (χ0n) is 18.8. The molecule has 166 valence electrons. The van der Waals surface area contributed by atoms with Gasteiger partial charge in [0, 0.05) is 31.7 Å². The average molecular weight is 431 g/mol. The molecule has 0 bridgehead atoms. The Morgan fingerprint density at radius 2 is 1.97 bits per heavy atom. The molecule has 0 aliphatic carbocycles. The van der Waals surface area contributed by atoms with E-state index in [4.69, 9.17) is 9.72 Å². The maximum Gasteiger partial charge on any atom is 0.254 e. The fraction of sp³-hybridized carbons (Fsp3) is 0.346. The van der Waals surface area contributed by atoms with Crippen molar-refractivity contribution >= 4 is 5.91 Å². The summed E-state index contributed by atoms with van der Waals surface area (Å²) in [6.07, 6.45) is 3.88. The number of ether oxygens (including phenoxy) is 1. The fourth-order valence-corrected chi connectivity index (χ4v) is 4.22. The number of likely N-dealkylation sites (tertiary alicyclic amines) is 1. The van der Waals surface area contributed by atoms with Gasteiger partial charge < -0.3 is 10.1 Å². The number of aromatic nitrogens is 2. The highest BCUT2D eigenvalue weighted by atomic mass is 16.5. The Morgan fingerprint density at radius 3 is 2.75 bits per heavy atom. The molecule has 6 nitrogen and oxygen atoms in total. The van der Waals surface area contributed by atoms with Crippen LogP contribution in [0.5, 0.6) is 5.75 Å². The number of carbonyl (C=O) groups excluding carboxylic acids is 1. The van der Waals surface area contributed by atoms with Crippen LogP contribution >= 0.6 is 0 Å². The third-order valence-electron chi connectivity index (χ3n) is 5.95. The molecular formula is C26H30N4O2. The van der Waals surface area contributed by atoms with Crippen molar-refractivity contribution in [3.05, 3.63) is 89.0 Å². The molecule has 4 rings (SSSR count). The lowest BCUT2D eigenvalue weighted by Gasteiger charge is -2.32. The van der Waals surface area contributed by atoms with E-state index in [2.05, 4.69) is 39.5 Å². The van der Waals surface area contributed by atoms with Gasteiger partial charge in [0.05, 0.1) is 18.4 Å². The maximum absolute atomic E-state index is 12.7.